The van der Waals surface area contributed by atoms with Crippen LogP contribution in [0.2, 0.25) is 0 Å². The van der Waals surface area contributed by atoms with Gasteiger partial charge < -0.3 is 0 Å². The van der Waals surface area contributed by atoms with Gasteiger partial charge in [0.1, 0.15) is 15.6 Å². The lowest BCUT2D eigenvalue weighted by atomic mass is 10.1. The van der Waals surface area contributed by atoms with E-state index in [9.17, 15) is 4.21 Å². The van der Waals surface area contributed by atoms with Crippen LogP contribution in [0, 0.1) is 0 Å². The van der Waals surface area contributed by atoms with Gasteiger partial charge in [-0.3, -0.25) is 0 Å². The fourth-order valence-corrected chi connectivity index (χ4v) is 2.21. The second kappa shape index (κ2) is 5.87. The molecule has 0 N–H and O–H groups in total. The third-order valence-corrected chi connectivity index (χ3v) is 3.98. The zero-order valence-corrected chi connectivity index (χ0v) is 12.9. The van der Waals surface area contributed by atoms with Crippen molar-refractivity contribution in [1.82, 2.24) is 4.98 Å². The first kappa shape index (κ1) is 14.5. The summed E-state index contributed by atoms with van der Waals surface area (Å²) < 4.78 is 16.7. The molecule has 0 radical (unpaired) electrons. The summed E-state index contributed by atoms with van der Waals surface area (Å²) >= 11 is 3.32. The molecule has 3 nitrogen and oxygen atoms in total. The minimum Gasteiger partial charge on any atom is -0.249 e. The topological polar surface area (TPSA) is 42.3 Å². The summed E-state index contributed by atoms with van der Waals surface area (Å²) in [5.74, 6) is 0. The second-order valence-corrected chi connectivity index (χ2v) is 7.34. The standard InChI is InChI=1S/C12H17BrN2OS/c1-5-10(15-17(16)12(2,3)4)9-6-7-14-11(13)8-9/h6-8H,5H2,1-4H3. The average Bonchev–Trinajstić information content (AvgIpc) is 2.24. The highest BCUT2D eigenvalue weighted by atomic mass is 79.9. The first-order valence-electron chi connectivity index (χ1n) is 5.46. The Morgan fingerprint density at radius 3 is 2.65 bits per heavy atom. The number of nitrogens with zero attached hydrogens (tertiary/aromatic N) is 2. The number of hydrogen-bond acceptors (Lipinski definition) is 2. The van der Waals surface area contributed by atoms with Gasteiger partial charge >= 0.3 is 0 Å². The van der Waals surface area contributed by atoms with Crippen molar-refractivity contribution in [2.75, 3.05) is 0 Å². The number of halogens is 1. The van der Waals surface area contributed by atoms with E-state index in [-0.39, 0.29) is 4.75 Å². The van der Waals surface area contributed by atoms with Gasteiger partial charge in [-0.25, -0.2) is 9.19 Å². The lowest BCUT2D eigenvalue weighted by molar-refractivity contribution is 0.650. The van der Waals surface area contributed by atoms with Crippen LogP contribution in [-0.2, 0) is 11.0 Å². The summed E-state index contributed by atoms with van der Waals surface area (Å²) in [6, 6.07) is 3.77. The maximum absolute atomic E-state index is 12.0. The largest absolute Gasteiger partial charge is 0.249 e. The number of aromatic nitrogens is 1. The highest BCUT2D eigenvalue weighted by molar-refractivity contribution is 9.10. The second-order valence-electron chi connectivity index (χ2n) is 4.62. The third-order valence-electron chi connectivity index (χ3n) is 2.11. The molecule has 94 valence electrons. The van der Waals surface area contributed by atoms with Crippen LogP contribution >= 0.6 is 15.9 Å². The predicted molar refractivity (Wildman–Crippen MR) is 76.7 cm³/mol. The highest BCUT2D eigenvalue weighted by Gasteiger charge is 2.19. The van der Waals surface area contributed by atoms with E-state index < -0.39 is 11.0 Å². The summed E-state index contributed by atoms with van der Waals surface area (Å²) in [6.07, 6.45) is 2.46. The normalized spacial score (nSPS) is 14.8. The molecular weight excluding hydrogens is 300 g/mol. The molecule has 0 bridgehead atoms. The average molecular weight is 317 g/mol. The maximum Gasteiger partial charge on any atom is 0.145 e. The number of hydrogen-bond donors (Lipinski definition) is 0. The Kier molecular flexibility index (Phi) is 5.01. The van der Waals surface area contributed by atoms with Crippen LogP contribution in [0.4, 0.5) is 0 Å². The van der Waals surface area contributed by atoms with Gasteiger partial charge in [-0.2, -0.15) is 4.40 Å². The van der Waals surface area contributed by atoms with Gasteiger partial charge in [0, 0.05) is 11.8 Å². The van der Waals surface area contributed by atoms with Crippen molar-refractivity contribution in [3.8, 4) is 0 Å². The SMILES string of the molecule is CCC(=NS(=O)C(C)(C)C)c1ccnc(Br)c1. The van der Waals surface area contributed by atoms with Crippen molar-refractivity contribution in [2.24, 2.45) is 4.40 Å². The smallest absolute Gasteiger partial charge is 0.145 e. The molecule has 0 aromatic carbocycles. The van der Waals surface area contributed by atoms with Crippen LogP contribution in [-0.4, -0.2) is 19.7 Å². The van der Waals surface area contributed by atoms with Crippen LogP contribution in [0.15, 0.2) is 27.3 Å². The Hall–Kier alpha value is -0.550. The Balaban J connectivity index is 3.08. The molecule has 0 aliphatic rings. The van der Waals surface area contributed by atoms with Crippen molar-refractivity contribution in [1.29, 1.82) is 0 Å². The molecule has 0 saturated heterocycles. The third kappa shape index (κ3) is 4.32. The summed E-state index contributed by atoms with van der Waals surface area (Å²) in [4.78, 5) is 4.07. The molecular formula is C12H17BrN2OS. The van der Waals surface area contributed by atoms with Gasteiger partial charge in [-0.05, 0) is 55.3 Å². The molecule has 0 amide bonds. The molecule has 0 saturated carbocycles. The quantitative estimate of drug-likeness (QED) is 0.632. The van der Waals surface area contributed by atoms with E-state index in [2.05, 4.69) is 25.3 Å². The van der Waals surface area contributed by atoms with Crippen LogP contribution in [0.25, 0.3) is 0 Å². The maximum atomic E-state index is 12.0. The van der Waals surface area contributed by atoms with Crippen molar-refractivity contribution in [3.05, 3.63) is 28.5 Å². The van der Waals surface area contributed by atoms with E-state index >= 15 is 0 Å². The van der Waals surface area contributed by atoms with E-state index in [0.29, 0.717) is 0 Å². The minimum absolute atomic E-state index is 0.329. The molecule has 0 aliphatic heterocycles. The van der Waals surface area contributed by atoms with Crippen LogP contribution in [0.5, 0.6) is 0 Å². The zero-order chi connectivity index (χ0) is 13.1. The highest BCUT2D eigenvalue weighted by Crippen LogP contribution is 2.16. The Bertz CT molecular complexity index is 452. The van der Waals surface area contributed by atoms with Gasteiger partial charge in [0.2, 0.25) is 0 Å². The lowest BCUT2D eigenvalue weighted by Gasteiger charge is -2.14. The van der Waals surface area contributed by atoms with E-state index in [0.717, 1.165) is 22.3 Å². The van der Waals surface area contributed by atoms with Gasteiger partial charge in [-0.1, -0.05) is 6.92 Å². The van der Waals surface area contributed by atoms with Crippen LogP contribution in [0.3, 0.4) is 0 Å². The molecule has 0 spiro atoms. The number of pyridine rings is 1. The van der Waals surface area contributed by atoms with Crippen LogP contribution in [0.1, 0.15) is 39.7 Å². The van der Waals surface area contributed by atoms with E-state index in [1.54, 1.807) is 6.20 Å². The molecule has 0 aliphatic carbocycles. The molecule has 1 aromatic heterocycles. The fraction of sp³-hybridized carbons (Fsp3) is 0.500. The molecule has 1 rings (SSSR count). The monoisotopic (exact) mass is 316 g/mol. The van der Waals surface area contributed by atoms with Gasteiger partial charge in [0.15, 0.2) is 0 Å². The Labute approximate surface area is 113 Å². The molecule has 5 heteroatoms. The minimum atomic E-state index is -1.22. The van der Waals surface area contributed by atoms with E-state index in [1.807, 2.05) is 39.8 Å². The Morgan fingerprint density at radius 2 is 2.18 bits per heavy atom. The summed E-state index contributed by atoms with van der Waals surface area (Å²) in [5.41, 5.74) is 1.81. The molecule has 1 heterocycles. The Morgan fingerprint density at radius 1 is 1.53 bits per heavy atom. The van der Waals surface area contributed by atoms with Crippen molar-refractivity contribution in [3.63, 3.8) is 0 Å². The van der Waals surface area contributed by atoms with E-state index in [1.165, 1.54) is 0 Å². The van der Waals surface area contributed by atoms with Crippen molar-refractivity contribution in [2.45, 2.75) is 38.9 Å². The molecule has 1 atom stereocenters. The summed E-state index contributed by atoms with van der Waals surface area (Å²) in [7, 11) is -1.22. The number of rotatable bonds is 3. The summed E-state index contributed by atoms with van der Waals surface area (Å²) in [6.45, 7) is 7.76. The predicted octanol–water partition coefficient (Wildman–Crippen LogP) is 3.51. The molecule has 0 fully saturated rings. The lowest BCUT2D eigenvalue weighted by Crippen LogP contribution is -2.21. The molecule has 1 unspecified atom stereocenters. The molecule has 1 aromatic rings. The van der Waals surface area contributed by atoms with E-state index in [4.69, 9.17) is 0 Å². The summed E-state index contributed by atoms with van der Waals surface area (Å²) in [5, 5.41) is 0. The van der Waals surface area contributed by atoms with Crippen molar-refractivity contribution < 1.29 is 4.21 Å². The zero-order valence-electron chi connectivity index (χ0n) is 10.5. The fourth-order valence-electron chi connectivity index (χ4n) is 1.14. The van der Waals surface area contributed by atoms with Gasteiger partial charge in [0.25, 0.3) is 0 Å². The van der Waals surface area contributed by atoms with Gasteiger partial charge in [-0.15, -0.1) is 0 Å². The molecule has 17 heavy (non-hydrogen) atoms. The van der Waals surface area contributed by atoms with Crippen LogP contribution < -0.4 is 0 Å². The first-order valence-corrected chi connectivity index (χ1v) is 7.36. The first-order chi connectivity index (χ1) is 7.84. The van der Waals surface area contributed by atoms with Crippen molar-refractivity contribution >= 4 is 32.6 Å². The van der Waals surface area contributed by atoms with Gasteiger partial charge in [0.05, 0.1) is 10.5 Å².